The molecule has 0 N–H and O–H groups in total. The Morgan fingerprint density at radius 3 is 2.37 bits per heavy atom. The summed E-state index contributed by atoms with van der Waals surface area (Å²) in [6.45, 7) is 16.4. The smallest absolute Gasteiger partial charge is 0.334 e. The molecule has 2 unspecified atom stereocenters. The molecule has 0 aromatic heterocycles. The minimum Gasteiger partial charge on any atom is -0.459 e. The predicted octanol–water partition coefficient (Wildman–Crippen LogP) is 4.27. The van der Waals surface area contributed by atoms with Gasteiger partial charge in [0.2, 0.25) is 0 Å². The van der Waals surface area contributed by atoms with E-state index in [0.29, 0.717) is 17.6 Å². The van der Waals surface area contributed by atoms with Crippen molar-refractivity contribution in [1.29, 1.82) is 0 Å². The number of ether oxygens (including phenoxy) is 4. The summed E-state index contributed by atoms with van der Waals surface area (Å²) in [4.78, 5) is 38.6. The van der Waals surface area contributed by atoms with Gasteiger partial charge in [-0.05, 0) is 51.7 Å². The number of esters is 2. The van der Waals surface area contributed by atoms with Crippen molar-refractivity contribution in [2.24, 2.45) is 17.8 Å². The fraction of sp³-hybridized carbons (Fsp3) is 0.607. The molecule has 1 saturated heterocycles. The number of rotatable bonds is 5. The highest BCUT2D eigenvalue weighted by Crippen LogP contribution is 2.65. The molecule has 0 amide bonds. The summed E-state index contributed by atoms with van der Waals surface area (Å²) in [5.74, 6) is -1.81. The first kappa shape index (κ1) is 27.1. The highest BCUT2D eigenvalue weighted by atomic mass is 16.7. The van der Waals surface area contributed by atoms with E-state index in [1.165, 1.54) is 6.92 Å². The maximum atomic E-state index is 13.7. The van der Waals surface area contributed by atoms with Crippen molar-refractivity contribution in [3.63, 3.8) is 0 Å². The SMILES string of the molecule is C=C(C)C1/C=C\[C@@H](C)C(=O)[C@@]23C[C@H](C)[C@H](OC(C)=O)[C@]2(/C=C(\C)[C@@H](OC(=O)/C(C)=C\C)C1OC)O3. The molecule has 0 radical (unpaired) electrons. The molecule has 1 saturated carbocycles. The lowest BCUT2D eigenvalue weighted by atomic mass is 9.84. The van der Waals surface area contributed by atoms with Gasteiger partial charge in [-0.1, -0.05) is 44.2 Å². The first-order valence-corrected chi connectivity index (χ1v) is 12.2. The molecule has 0 bridgehead atoms. The normalized spacial score (nSPS) is 41.4. The highest BCUT2D eigenvalue weighted by Gasteiger charge is 2.82. The number of hydrogen-bond acceptors (Lipinski definition) is 7. The van der Waals surface area contributed by atoms with Crippen LogP contribution in [0, 0.1) is 17.8 Å². The van der Waals surface area contributed by atoms with Crippen molar-refractivity contribution >= 4 is 17.7 Å². The van der Waals surface area contributed by atoms with Crippen molar-refractivity contribution in [1.82, 2.24) is 0 Å². The predicted molar refractivity (Wildman–Crippen MR) is 131 cm³/mol. The third kappa shape index (κ3) is 4.56. The molecule has 7 heteroatoms. The van der Waals surface area contributed by atoms with Gasteiger partial charge in [0.05, 0.1) is 0 Å². The van der Waals surface area contributed by atoms with Crippen LogP contribution in [0.1, 0.15) is 54.9 Å². The Hall–Kier alpha value is -2.51. The zero-order valence-electron chi connectivity index (χ0n) is 22.0. The minimum absolute atomic E-state index is 0.0612. The van der Waals surface area contributed by atoms with Gasteiger partial charge in [0.25, 0.3) is 0 Å². The fourth-order valence-corrected chi connectivity index (χ4v) is 5.61. The van der Waals surface area contributed by atoms with E-state index in [4.69, 9.17) is 18.9 Å². The third-order valence-electron chi connectivity index (χ3n) is 7.57. The van der Waals surface area contributed by atoms with Crippen LogP contribution in [0.5, 0.6) is 0 Å². The molecular weight excluding hydrogens is 448 g/mol. The van der Waals surface area contributed by atoms with Crippen LogP contribution in [0.4, 0.5) is 0 Å². The third-order valence-corrected chi connectivity index (χ3v) is 7.57. The summed E-state index contributed by atoms with van der Waals surface area (Å²) in [5.41, 5.74) is -0.284. The van der Waals surface area contributed by atoms with E-state index >= 15 is 0 Å². The van der Waals surface area contributed by atoms with E-state index in [0.717, 1.165) is 5.57 Å². The minimum atomic E-state index is -1.12. The van der Waals surface area contributed by atoms with Crippen molar-refractivity contribution in [2.75, 3.05) is 7.11 Å². The second-order valence-corrected chi connectivity index (χ2v) is 10.2. The van der Waals surface area contributed by atoms with Crippen LogP contribution >= 0.6 is 0 Å². The van der Waals surface area contributed by atoms with E-state index in [1.54, 1.807) is 27.0 Å². The number of methoxy groups -OCH3 is 1. The van der Waals surface area contributed by atoms with Gasteiger partial charge >= 0.3 is 11.9 Å². The number of carbonyl (C=O) groups excluding carboxylic acids is 3. The lowest BCUT2D eigenvalue weighted by Crippen LogP contribution is -2.41. The standard InChI is InChI=1S/C28H38O7/c1-10-16(4)26(31)34-22-18(6)13-28-25(33-20(8)29)19(7)14-27(28,35-28)24(30)17(5)11-12-21(15(2)3)23(22)32-9/h10-13,17,19,21-23,25H,2,14H2,1,3-9H3/b12-11-,16-10-,18-13+/t17-,19+,21?,22-,23?,25+,27+,28+/m1/s1. The van der Waals surface area contributed by atoms with Crippen molar-refractivity contribution in [3.05, 3.63) is 47.6 Å². The molecule has 7 nitrogen and oxygen atoms in total. The van der Waals surface area contributed by atoms with Gasteiger partial charge in [-0.15, -0.1) is 0 Å². The molecular formula is C28H38O7. The van der Waals surface area contributed by atoms with Gasteiger partial charge < -0.3 is 18.9 Å². The van der Waals surface area contributed by atoms with Crippen LogP contribution in [-0.2, 0) is 33.3 Å². The van der Waals surface area contributed by atoms with E-state index in [-0.39, 0.29) is 17.6 Å². The lowest BCUT2D eigenvalue weighted by molar-refractivity contribution is -0.151. The van der Waals surface area contributed by atoms with Crippen LogP contribution in [-0.4, -0.2) is 54.3 Å². The molecule has 2 fully saturated rings. The molecule has 8 atom stereocenters. The van der Waals surface area contributed by atoms with Gasteiger partial charge in [-0.3, -0.25) is 9.59 Å². The van der Waals surface area contributed by atoms with Gasteiger partial charge in [-0.2, -0.15) is 0 Å². The molecule has 0 aromatic rings. The van der Waals surface area contributed by atoms with E-state index in [1.807, 2.05) is 45.9 Å². The summed E-state index contributed by atoms with van der Waals surface area (Å²) in [6, 6.07) is 0. The van der Waals surface area contributed by atoms with E-state index < -0.39 is 47.4 Å². The zero-order chi connectivity index (χ0) is 26.3. The maximum Gasteiger partial charge on any atom is 0.334 e. The molecule has 0 aromatic carbocycles. The Morgan fingerprint density at radius 1 is 1.17 bits per heavy atom. The fourth-order valence-electron chi connectivity index (χ4n) is 5.61. The molecule has 35 heavy (non-hydrogen) atoms. The monoisotopic (exact) mass is 486 g/mol. The van der Waals surface area contributed by atoms with Gasteiger partial charge in [0.15, 0.2) is 17.0 Å². The lowest BCUT2D eigenvalue weighted by Gasteiger charge is -2.33. The average molecular weight is 487 g/mol. The average Bonchev–Trinajstić information content (AvgIpc) is 3.37. The van der Waals surface area contributed by atoms with Crippen molar-refractivity contribution in [2.45, 2.75) is 84.4 Å². The van der Waals surface area contributed by atoms with Crippen LogP contribution in [0.2, 0.25) is 0 Å². The molecule has 1 aliphatic heterocycles. The summed E-state index contributed by atoms with van der Waals surface area (Å²) in [6.07, 6.45) is 5.68. The number of Topliss-reactive ketones (excluding diaryl/α,β-unsaturated/α-hetero) is 1. The van der Waals surface area contributed by atoms with Gasteiger partial charge in [-0.25, -0.2) is 4.79 Å². The van der Waals surface area contributed by atoms with E-state index in [9.17, 15) is 14.4 Å². The Morgan fingerprint density at radius 2 is 1.83 bits per heavy atom. The molecule has 192 valence electrons. The molecule has 1 heterocycles. The quantitative estimate of drug-likeness (QED) is 0.248. The molecule has 2 aliphatic carbocycles. The number of hydrogen-bond donors (Lipinski definition) is 0. The Bertz CT molecular complexity index is 1000. The molecule has 3 rings (SSSR count). The van der Waals surface area contributed by atoms with Crippen molar-refractivity contribution < 1.29 is 33.3 Å². The summed E-state index contributed by atoms with van der Waals surface area (Å²) in [5, 5.41) is 0. The zero-order valence-corrected chi connectivity index (χ0v) is 22.0. The first-order valence-electron chi connectivity index (χ1n) is 12.2. The number of allylic oxidation sites excluding steroid dienone is 2. The Balaban J connectivity index is 2.21. The Kier molecular flexibility index (Phi) is 7.63. The van der Waals surface area contributed by atoms with Crippen LogP contribution < -0.4 is 0 Å². The van der Waals surface area contributed by atoms with Crippen LogP contribution in [0.15, 0.2) is 47.6 Å². The van der Waals surface area contributed by atoms with Crippen LogP contribution in [0.25, 0.3) is 0 Å². The van der Waals surface area contributed by atoms with E-state index in [2.05, 4.69) is 6.58 Å². The second kappa shape index (κ2) is 9.86. The molecule has 3 aliphatic rings. The number of carbonyl (C=O) groups is 3. The summed E-state index contributed by atoms with van der Waals surface area (Å²) >= 11 is 0. The first-order chi connectivity index (χ1) is 16.3. The summed E-state index contributed by atoms with van der Waals surface area (Å²) in [7, 11) is 1.56. The van der Waals surface area contributed by atoms with Crippen molar-refractivity contribution in [3.8, 4) is 0 Å². The largest absolute Gasteiger partial charge is 0.459 e. The molecule has 0 spiro atoms. The number of epoxide rings is 1. The number of ketones is 1. The second-order valence-electron chi connectivity index (χ2n) is 10.2. The topological polar surface area (TPSA) is 91.4 Å². The van der Waals surface area contributed by atoms with Gasteiger partial charge in [0, 0.05) is 31.4 Å². The highest BCUT2D eigenvalue weighted by molar-refractivity contribution is 5.96. The van der Waals surface area contributed by atoms with Gasteiger partial charge in [0.1, 0.15) is 18.3 Å². The maximum absolute atomic E-state index is 13.7. The Labute approximate surface area is 208 Å². The van der Waals surface area contributed by atoms with Crippen LogP contribution in [0.3, 0.4) is 0 Å². The summed E-state index contributed by atoms with van der Waals surface area (Å²) < 4.78 is 23.9.